The summed E-state index contributed by atoms with van der Waals surface area (Å²) in [6.45, 7) is 7.48. The van der Waals surface area contributed by atoms with Crippen molar-refractivity contribution in [2.24, 2.45) is 5.92 Å². The zero-order valence-corrected chi connectivity index (χ0v) is 25.9. The van der Waals surface area contributed by atoms with Gasteiger partial charge in [0.05, 0.1) is 17.7 Å². The number of hydrogen-bond acceptors (Lipinski definition) is 10. The highest BCUT2D eigenvalue weighted by molar-refractivity contribution is 6.23. The van der Waals surface area contributed by atoms with Crippen LogP contribution in [0.25, 0.3) is 21.5 Å². The number of rotatable bonds is 10. The molecule has 11 heteroatoms. The maximum absolute atomic E-state index is 14.1. The Balaban J connectivity index is 1.59. The Morgan fingerprint density at radius 2 is 1.38 bits per heavy atom. The third-order valence-electron chi connectivity index (χ3n) is 8.30. The minimum Gasteiger partial charge on any atom is -0.463 e. The summed E-state index contributed by atoms with van der Waals surface area (Å²) in [5.74, 6) is -3.05. The fourth-order valence-electron chi connectivity index (χ4n) is 5.85. The molecule has 45 heavy (non-hydrogen) atoms. The fourth-order valence-corrected chi connectivity index (χ4v) is 5.85. The molecule has 0 radical (unpaired) electrons. The van der Waals surface area contributed by atoms with Gasteiger partial charge < -0.3 is 23.7 Å². The van der Waals surface area contributed by atoms with Crippen LogP contribution in [0.1, 0.15) is 68.2 Å². The Morgan fingerprint density at radius 1 is 0.822 bits per heavy atom. The Kier molecular flexibility index (Phi) is 9.50. The lowest BCUT2D eigenvalue weighted by Gasteiger charge is -2.47. The van der Waals surface area contributed by atoms with E-state index in [0.717, 1.165) is 46.7 Å². The molecule has 1 unspecified atom stereocenters. The predicted molar refractivity (Wildman–Crippen MR) is 162 cm³/mol. The number of ether oxygens (including phenoxy) is 5. The van der Waals surface area contributed by atoms with E-state index in [1.54, 1.807) is 12.1 Å². The summed E-state index contributed by atoms with van der Waals surface area (Å²) in [6, 6.07) is 13.7. The van der Waals surface area contributed by atoms with Crippen molar-refractivity contribution in [2.45, 2.75) is 78.1 Å². The molecular formula is C34H37NO10. The molecule has 0 saturated carbocycles. The smallest absolute Gasteiger partial charge is 0.303 e. The second kappa shape index (κ2) is 13.3. The summed E-state index contributed by atoms with van der Waals surface area (Å²) in [7, 11) is 0. The normalized spacial score (nSPS) is 23.6. The lowest BCUT2D eigenvalue weighted by atomic mass is 9.94. The second-order valence-corrected chi connectivity index (χ2v) is 11.6. The summed E-state index contributed by atoms with van der Waals surface area (Å²) in [5.41, 5.74) is 0.350. The van der Waals surface area contributed by atoms with Crippen LogP contribution in [-0.2, 0) is 38.1 Å². The van der Waals surface area contributed by atoms with Crippen molar-refractivity contribution < 1.29 is 47.7 Å². The Bertz CT molecular complexity index is 1580. The lowest BCUT2D eigenvalue weighted by Crippen LogP contribution is -2.67. The number of benzene rings is 3. The van der Waals surface area contributed by atoms with Crippen LogP contribution in [0.15, 0.2) is 48.5 Å². The Hall–Kier alpha value is -4.35. The maximum atomic E-state index is 14.1. The molecule has 11 nitrogen and oxygen atoms in total. The number of imide groups is 1. The van der Waals surface area contributed by atoms with Crippen LogP contribution in [0.3, 0.4) is 0 Å². The molecule has 1 saturated heterocycles. The van der Waals surface area contributed by atoms with Crippen LogP contribution in [-0.4, -0.2) is 78.5 Å². The zero-order chi connectivity index (χ0) is 32.4. The highest BCUT2D eigenvalue weighted by atomic mass is 16.7. The second-order valence-electron chi connectivity index (χ2n) is 11.6. The molecule has 3 aromatic rings. The number of carbonyl (C=O) groups excluding carboxylic acids is 5. The lowest BCUT2D eigenvalue weighted by molar-refractivity contribution is -0.286. The molecule has 2 aliphatic heterocycles. The summed E-state index contributed by atoms with van der Waals surface area (Å²) in [6.07, 6.45) is -3.61. The summed E-state index contributed by atoms with van der Waals surface area (Å²) in [5, 5.41) is 3.50. The van der Waals surface area contributed by atoms with E-state index < -0.39 is 60.4 Å². The van der Waals surface area contributed by atoms with Gasteiger partial charge in [-0.3, -0.25) is 28.9 Å². The Labute approximate surface area is 260 Å². The van der Waals surface area contributed by atoms with Gasteiger partial charge in [-0.1, -0.05) is 44.5 Å². The fraction of sp³-hybridized carbons (Fsp3) is 0.441. The number of carbonyl (C=O) groups is 5. The number of hydrogen-bond donors (Lipinski definition) is 0. The molecule has 0 spiro atoms. The first-order valence-corrected chi connectivity index (χ1v) is 15.1. The molecule has 6 atom stereocenters. The van der Waals surface area contributed by atoms with E-state index in [9.17, 15) is 24.0 Å². The molecule has 3 aromatic carbocycles. The molecule has 2 aliphatic rings. The molecule has 0 aromatic heterocycles. The average molecular weight is 620 g/mol. The SMILES string of the molecule is CCC(C)CCO[C@@H]1O[C@H](COC(C)=O)[C@@H](OC(C)=O)[C@H](OC(C)=O)[C@H]1N1C(=O)c2cc3cc4ccccc4cc3cc2C1=O. The molecule has 1 fully saturated rings. The standard InChI is InChI=1S/C34H37NO10/c1-6-18(2)11-12-41-34-29(31(44-21(5)38)30(43-20(4)37)28(45-34)17-42-19(3)36)35-32(39)26-15-24-13-22-9-7-8-10-23(22)14-25(24)16-27(26)33(35)40/h7-10,13-16,18,28-31,34H,6,11-12,17H2,1-5H3/t18?,28-,29-,30-,31-,34-/m1/s1. The van der Waals surface area contributed by atoms with Crippen LogP contribution in [0.5, 0.6) is 0 Å². The van der Waals surface area contributed by atoms with E-state index in [1.807, 2.05) is 43.3 Å². The van der Waals surface area contributed by atoms with Crippen molar-refractivity contribution >= 4 is 51.3 Å². The van der Waals surface area contributed by atoms with E-state index in [0.29, 0.717) is 12.3 Å². The van der Waals surface area contributed by atoms with E-state index in [2.05, 4.69) is 6.92 Å². The molecule has 2 heterocycles. The quantitative estimate of drug-likeness (QED) is 0.138. The Morgan fingerprint density at radius 3 is 1.89 bits per heavy atom. The van der Waals surface area contributed by atoms with Crippen LogP contribution in [0.2, 0.25) is 0 Å². The zero-order valence-electron chi connectivity index (χ0n) is 25.9. The minimum atomic E-state index is -1.39. The summed E-state index contributed by atoms with van der Waals surface area (Å²) in [4.78, 5) is 65.6. The van der Waals surface area contributed by atoms with Crippen LogP contribution >= 0.6 is 0 Å². The predicted octanol–water partition coefficient (Wildman–Crippen LogP) is 4.56. The van der Waals surface area contributed by atoms with E-state index >= 15 is 0 Å². The van der Waals surface area contributed by atoms with Gasteiger partial charge in [-0.15, -0.1) is 0 Å². The van der Waals surface area contributed by atoms with Crippen LogP contribution in [0.4, 0.5) is 0 Å². The van der Waals surface area contributed by atoms with Gasteiger partial charge in [-0.25, -0.2) is 0 Å². The third kappa shape index (κ3) is 6.69. The topological polar surface area (TPSA) is 135 Å². The molecule has 0 bridgehead atoms. The third-order valence-corrected chi connectivity index (χ3v) is 8.30. The van der Waals surface area contributed by atoms with Crippen molar-refractivity contribution in [3.8, 4) is 0 Å². The van der Waals surface area contributed by atoms with Gasteiger partial charge in [0, 0.05) is 20.8 Å². The van der Waals surface area contributed by atoms with Gasteiger partial charge >= 0.3 is 17.9 Å². The van der Waals surface area contributed by atoms with Crippen molar-refractivity contribution in [1.29, 1.82) is 0 Å². The van der Waals surface area contributed by atoms with Crippen molar-refractivity contribution in [1.82, 2.24) is 4.90 Å². The molecule has 0 N–H and O–H groups in total. The van der Waals surface area contributed by atoms with Gasteiger partial charge in [-0.05, 0) is 58.1 Å². The monoisotopic (exact) mass is 619 g/mol. The highest BCUT2D eigenvalue weighted by Gasteiger charge is 2.57. The van der Waals surface area contributed by atoms with Gasteiger partial charge in [-0.2, -0.15) is 0 Å². The molecule has 238 valence electrons. The first kappa shape index (κ1) is 32.1. The average Bonchev–Trinajstić information content (AvgIpc) is 3.22. The van der Waals surface area contributed by atoms with E-state index in [1.165, 1.54) is 6.92 Å². The number of nitrogens with zero attached hydrogens (tertiary/aromatic N) is 1. The maximum Gasteiger partial charge on any atom is 0.303 e. The summed E-state index contributed by atoms with van der Waals surface area (Å²) < 4.78 is 28.8. The van der Waals surface area contributed by atoms with Gasteiger partial charge in [0.25, 0.3) is 11.8 Å². The minimum absolute atomic E-state index is 0.175. The molecule has 0 aliphatic carbocycles. The van der Waals surface area contributed by atoms with Crippen molar-refractivity contribution in [3.63, 3.8) is 0 Å². The van der Waals surface area contributed by atoms with Crippen molar-refractivity contribution in [3.05, 3.63) is 59.7 Å². The number of fused-ring (bicyclic) bond motifs is 3. The van der Waals surface area contributed by atoms with Gasteiger partial charge in [0.15, 0.2) is 18.5 Å². The summed E-state index contributed by atoms with van der Waals surface area (Å²) >= 11 is 0. The number of amides is 2. The van der Waals surface area contributed by atoms with E-state index in [4.69, 9.17) is 23.7 Å². The molecule has 2 amide bonds. The molecular weight excluding hydrogens is 582 g/mol. The highest BCUT2D eigenvalue weighted by Crippen LogP contribution is 2.37. The number of esters is 3. The van der Waals surface area contributed by atoms with Crippen molar-refractivity contribution in [2.75, 3.05) is 13.2 Å². The first-order chi connectivity index (χ1) is 21.5. The van der Waals surface area contributed by atoms with E-state index in [-0.39, 0.29) is 24.3 Å². The largest absolute Gasteiger partial charge is 0.463 e. The molecule has 5 rings (SSSR count). The van der Waals surface area contributed by atoms with Gasteiger partial charge in [0.2, 0.25) is 0 Å². The van der Waals surface area contributed by atoms with Crippen LogP contribution in [0, 0.1) is 5.92 Å². The van der Waals surface area contributed by atoms with Crippen LogP contribution < -0.4 is 0 Å². The first-order valence-electron chi connectivity index (χ1n) is 15.1. The van der Waals surface area contributed by atoms with Gasteiger partial charge in [0.1, 0.15) is 18.8 Å².